The van der Waals surface area contributed by atoms with E-state index in [0.717, 1.165) is 30.4 Å². The molecule has 0 radical (unpaired) electrons. The van der Waals surface area contributed by atoms with Gasteiger partial charge in [0, 0.05) is 12.8 Å². The van der Waals surface area contributed by atoms with E-state index in [-0.39, 0.29) is 0 Å². The zero-order valence-corrected chi connectivity index (χ0v) is 7.08. The predicted molar refractivity (Wildman–Crippen MR) is 45.6 cm³/mol. The lowest BCUT2D eigenvalue weighted by Crippen LogP contribution is -2.04. The molecule has 1 aliphatic carbocycles. The van der Waals surface area contributed by atoms with Gasteiger partial charge < -0.3 is 5.73 Å². The van der Waals surface area contributed by atoms with E-state index in [1.807, 2.05) is 0 Å². The highest BCUT2D eigenvalue weighted by molar-refractivity contribution is 4.94. The molecule has 1 aromatic rings. The molecule has 1 heterocycles. The van der Waals surface area contributed by atoms with Crippen molar-refractivity contribution in [3.63, 3.8) is 0 Å². The topological polar surface area (TPSA) is 67.6 Å². The van der Waals surface area contributed by atoms with Crippen molar-refractivity contribution in [1.29, 1.82) is 0 Å². The maximum absolute atomic E-state index is 5.39. The summed E-state index contributed by atoms with van der Waals surface area (Å²) >= 11 is 0. The normalized spacial score (nSPS) is 16.8. The summed E-state index contributed by atoms with van der Waals surface area (Å²) in [4.78, 5) is 4.33. The molecule has 0 bridgehead atoms. The van der Waals surface area contributed by atoms with Crippen LogP contribution < -0.4 is 5.73 Å². The summed E-state index contributed by atoms with van der Waals surface area (Å²) < 4.78 is 0. The second-order valence-electron chi connectivity index (χ2n) is 3.38. The van der Waals surface area contributed by atoms with Crippen LogP contribution in [-0.2, 0) is 12.8 Å². The van der Waals surface area contributed by atoms with E-state index in [9.17, 15) is 0 Å². The maximum atomic E-state index is 5.39. The quantitative estimate of drug-likeness (QED) is 0.674. The Morgan fingerprint density at radius 1 is 1.50 bits per heavy atom. The number of aromatic nitrogens is 3. The van der Waals surface area contributed by atoms with Crippen LogP contribution in [-0.4, -0.2) is 21.7 Å². The predicted octanol–water partition coefficient (Wildman–Crippen LogP) is 0.258. The maximum Gasteiger partial charge on any atom is 0.151 e. The van der Waals surface area contributed by atoms with Crippen molar-refractivity contribution < 1.29 is 0 Å². The van der Waals surface area contributed by atoms with Gasteiger partial charge >= 0.3 is 0 Å². The fourth-order valence-electron chi connectivity index (χ4n) is 1.26. The van der Waals surface area contributed by atoms with Crippen molar-refractivity contribution in [3.05, 3.63) is 11.6 Å². The Morgan fingerprint density at radius 2 is 2.33 bits per heavy atom. The molecule has 0 aromatic carbocycles. The highest BCUT2D eigenvalue weighted by Gasteiger charge is 2.22. The third-order valence-corrected chi connectivity index (χ3v) is 2.12. The summed E-state index contributed by atoms with van der Waals surface area (Å²) in [5.41, 5.74) is 5.39. The van der Waals surface area contributed by atoms with Crippen LogP contribution in [0.5, 0.6) is 0 Å². The molecule has 1 aromatic heterocycles. The number of nitrogens with two attached hydrogens (primary N) is 1. The minimum absolute atomic E-state index is 0.626. The van der Waals surface area contributed by atoms with Gasteiger partial charge in [-0.1, -0.05) is 0 Å². The third-order valence-electron chi connectivity index (χ3n) is 2.12. The summed E-state index contributed by atoms with van der Waals surface area (Å²) in [5, 5.41) is 7.02. The monoisotopic (exact) mass is 166 g/mol. The van der Waals surface area contributed by atoms with E-state index >= 15 is 0 Å². The highest BCUT2D eigenvalue weighted by atomic mass is 15.2. The minimum Gasteiger partial charge on any atom is -0.330 e. The molecule has 1 aliphatic rings. The lowest BCUT2D eigenvalue weighted by molar-refractivity contribution is 0.774. The Hall–Kier alpha value is -0.900. The lowest BCUT2D eigenvalue weighted by Gasteiger charge is -1.88. The summed E-state index contributed by atoms with van der Waals surface area (Å²) in [6.07, 6.45) is 4.55. The summed E-state index contributed by atoms with van der Waals surface area (Å²) in [7, 11) is 0. The zero-order valence-electron chi connectivity index (χ0n) is 7.08. The average Bonchev–Trinajstić information content (AvgIpc) is 2.74. The van der Waals surface area contributed by atoms with Gasteiger partial charge in [-0.2, -0.15) is 5.10 Å². The molecule has 0 saturated heterocycles. The van der Waals surface area contributed by atoms with Crippen molar-refractivity contribution in [3.8, 4) is 0 Å². The first kappa shape index (κ1) is 7.73. The van der Waals surface area contributed by atoms with Crippen LogP contribution >= 0.6 is 0 Å². The Labute approximate surface area is 71.6 Å². The van der Waals surface area contributed by atoms with Crippen LogP contribution in [0.4, 0.5) is 0 Å². The van der Waals surface area contributed by atoms with E-state index < -0.39 is 0 Å². The molecule has 1 saturated carbocycles. The summed E-state index contributed by atoms with van der Waals surface area (Å²) in [6, 6.07) is 0. The van der Waals surface area contributed by atoms with Gasteiger partial charge in [0.05, 0.1) is 0 Å². The molecule has 0 atom stereocenters. The largest absolute Gasteiger partial charge is 0.330 e. The molecular formula is C8H14N4. The molecule has 3 N–H and O–H groups in total. The van der Waals surface area contributed by atoms with E-state index in [4.69, 9.17) is 5.73 Å². The zero-order chi connectivity index (χ0) is 8.39. The van der Waals surface area contributed by atoms with Gasteiger partial charge in [-0.25, -0.2) is 4.98 Å². The molecule has 1 fully saturated rings. The molecule has 0 aliphatic heterocycles. The van der Waals surface area contributed by atoms with Gasteiger partial charge in [-0.05, 0) is 25.3 Å². The highest BCUT2D eigenvalue weighted by Crippen LogP contribution is 2.31. The van der Waals surface area contributed by atoms with Crippen LogP contribution in [0.3, 0.4) is 0 Å². The minimum atomic E-state index is 0.626. The third kappa shape index (κ3) is 1.82. The van der Waals surface area contributed by atoms with Crippen LogP contribution in [0.2, 0.25) is 0 Å². The number of hydrogen-bond acceptors (Lipinski definition) is 3. The fraction of sp³-hybridized carbons (Fsp3) is 0.750. The first-order valence-electron chi connectivity index (χ1n) is 4.48. The van der Waals surface area contributed by atoms with Gasteiger partial charge in [0.15, 0.2) is 5.82 Å². The van der Waals surface area contributed by atoms with E-state index in [2.05, 4.69) is 15.2 Å². The standard InChI is InChI=1S/C8H14N4/c9-4-3-7-10-8(12-11-7)5-6-1-2-6/h6H,1-5,9H2,(H,10,11,12). The van der Waals surface area contributed by atoms with Gasteiger partial charge in [-0.3, -0.25) is 5.10 Å². The van der Waals surface area contributed by atoms with E-state index in [0.29, 0.717) is 6.54 Å². The van der Waals surface area contributed by atoms with Crippen LogP contribution in [0.25, 0.3) is 0 Å². The Bertz CT molecular complexity index is 251. The molecular weight excluding hydrogens is 152 g/mol. The molecule has 12 heavy (non-hydrogen) atoms. The van der Waals surface area contributed by atoms with Gasteiger partial charge in [0.25, 0.3) is 0 Å². The summed E-state index contributed by atoms with van der Waals surface area (Å²) in [5.74, 6) is 2.75. The molecule has 0 unspecified atom stereocenters. The smallest absolute Gasteiger partial charge is 0.151 e. The summed E-state index contributed by atoms with van der Waals surface area (Å²) in [6.45, 7) is 0.626. The first-order valence-corrected chi connectivity index (χ1v) is 4.48. The van der Waals surface area contributed by atoms with Crippen molar-refractivity contribution in [2.45, 2.75) is 25.7 Å². The number of aromatic amines is 1. The van der Waals surface area contributed by atoms with Crippen LogP contribution in [0, 0.1) is 5.92 Å². The SMILES string of the molecule is NCCc1n[nH]c(CC2CC2)n1. The Morgan fingerprint density at radius 3 is 3.00 bits per heavy atom. The average molecular weight is 166 g/mol. The number of H-pyrrole nitrogens is 1. The number of hydrogen-bond donors (Lipinski definition) is 2. The van der Waals surface area contributed by atoms with Crippen molar-refractivity contribution in [2.24, 2.45) is 11.7 Å². The molecule has 66 valence electrons. The number of nitrogens with zero attached hydrogens (tertiary/aromatic N) is 2. The van der Waals surface area contributed by atoms with Crippen molar-refractivity contribution in [1.82, 2.24) is 15.2 Å². The van der Waals surface area contributed by atoms with Gasteiger partial charge in [0.1, 0.15) is 5.82 Å². The van der Waals surface area contributed by atoms with Crippen molar-refractivity contribution in [2.75, 3.05) is 6.54 Å². The van der Waals surface area contributed by atoms with Crippen LogP contribution in [0.1, 0.15) is 24.5 Å². The Kier molecular flexibility index (Phi) is 2.08. The fourth-order valence-corrected chi connectivity index (χ4v) is 1.26. The van der Waals surface area contributed by atoms with Gasteiger partial charge in [0.2, 0.25) is 0 Å². The molecule has 0 spiro atoms. The number of rotatable bonds is 4. The molecule has 4 nitrogen and oxygen atoms in total. The number of nitrogens with one attached hydrogen (secondary N) is 1. The van der Waals surface area contributed by atoms with E-state index in [1.165, 1.54) is 12.8 Å². The first-order chi connectivity index (χ1) is 5.88. The second kappa shape index (κ2) is 3.23. The molecule has 4 heteroatoms. The van der Waals surface area contributed by atoms with Crippen molar-refractivity contribution >= 4 is 0 Å². The Balaban J connectivity index is 1.92. The second-order valence-corrected chi connectivity index (χ2v) is 3.38. The van der Waals surface area contributed by atoms with Crippen LogP contribution in [0.15, 0.2) is 0 Å². The van der Waals surface area contributed by atoms with E-state index in [1.54, 1.807) is 0 Å². The van der Waals surface area contributed by atoms with Gasteiger partial charge in [-0.15, -0.1) is 0 Å². The molecule has 0 amide bonds. The molecule has 2 rings (SSSR count). The lowest BCUT2D eigenvalue weighted by atomic mass is 10.3.